The number of hydrogen-bond acceptors (Lipinski definition) is 3. The summed E-state index contributed by atoms with van der Waals surface area (Å²) in [4.78, 5) is 16.4. The number of benzene rings is 1. The number of aromatic nitrogens is 1. The molecule has 0 atom stereocenters. The number of nitrogens with two attached hydrogens (primary N) is 1. The summed E-state index contributed by atoms with van der Waals surface area (Å²) in [6.07, 6.45) is 3.37. The Morgan fingerprint density at radius 1 is 1.33 bits per heavy atom. The van der Waals surface area contributed by atoms with E-state index in [2.05, 4.69) is 22.1 Å². The summed E-state index contributed by atoms with van der Waals surface area (Å²) >= 11 is 0. The molecule has 0 saturated heterocycles. The number of aryl methyl sites for hydroxylation is 1. The number of carbonyl (C=O) groups excluding carboxylic acids is 1. The number of hydrogen-bond donors (Lipinski definition) is 2. The molecule has 1 heterocycles. The van der Waals surface area contributed by atoms with Gasteiger partial charge in [-0.05, 0) is 43.2 Å². The van der Waals surface area contributed by atoms with Gasteiger partial charge in [0.1, 0.15) is 0 Å². The van der Waals surface area contributed by atoms with Crippen molar-refractivity contribution >= 4 is 11.6 Å². The number of rotatable bonds is 2. The van der Waals surface area contributed by atoms with Crippen molar-refractivity contribution in [3.63, 3.8) is 0 Å². The Bertz CT molecular complexity index is 726. The summed E-state index contributed by atoms with van der Waals surface area (Å²) in [5.41, 5.74) is 9.34. The van der Waals surface area contributed by atoms with Crippen LogP contribution >= 0.6 is 0 Å². The lowest BCUT2D eigenvalue weighted by Gasteiger charge is -2.10. The molecule has 0 aliphatic rings. The van der Waals surface area contributed by atoms with Crippen LogP contribution in [0.25, 0.3) is 0 Å². The van der Waals surface area contributed by atoms with Gasteiger partial charge in [-0.25, -0.2) is 0 Å². The highest BCUT2D eigenvalue weighted by Gasteiger charge is 2.12. The van der Waals surface area contributed by atoms with Crippen molar-refractivity contribution in [3.8, 4) is 11.8 Å². The van der Waals surface area contributed by atoms with Crippen LogP contribution in [-0.2, 0) is 0 Å². The van der Waals surface area contributed by atoms with Gasteiger partial charge in [0.2, 0.25) is 0 Å². The second kappa shape index (κ2) is 6.69. The predicted molar refractivity (Wildman–Crippen MR) is 84.0 cm³/mol. The molecule has 0 bridgehead atoms. The maximum absolute atomic E-state index is 12.4. The number of carbonyl (C=O) groups is 1. The highest BCUT2D eigenvalue weighted by atomic mass is 16.1. The average Bonchev–Trinajstić information content (AvgIpc) is 2.48. The fourth-order valence-electron chi connectivity index (χ4n) is 1.97. The Morgan fingerprint density at radius 3 is 2.86 bits per heavy atom. The Hall–Kier alpha value is -2.64. The number of pyridine rings is 1. The van der Waals surface area contributed by atoms with Gasteiger partial charge in [0.05, 0.1) is 6.54 Å². The highest BCUT2D eigenvalue weighted by molar-refractivity contribution is 6.05. The molecule has 21 heavy (non-hydrogen) atoms. The van der Waals surface area contributed by atoms with Gasteiger partial charge in [-0.1, -0.05) is 17.9 Å². The van der Waals surface area contributed by atoms with Gasteiger partial charge in [-0.2, -0.15) is 0 Å². The third-order valence-corrected chi connectivity index (χ3v) is 3.17. The summed E-state index contributed by atoms with van der Waals surface area (Å²) in [6.45, 7) is 4.08. The normalized spacial score (nSPS) is 9.67. The largest absolute Gasteiger partial charge is 0.322 e. The molecule has 0 unspecified atom stereocenters. The highest BCUT2D eigenvalue weighted by Crippen LogP contribution is 2.17. The van der Waals surface area contributed by atoms with Crippen LogP contribution in [0, 0.1) is 25.7 Å². The lowest BCUT2D eigenvalue weighted by Crippen LogP contribution is -2.14. The average molecular weight is 279 g/mol. The van der Waals surface area contributed by atoms with Crippen LogP contribution < -0.4 is 11.1 Å². The standard InChI is InChI=1S/C17H17N3O/c1-12-11-19-10-8-16(12)20-17(21)15-7-3-5-14(13(15)2)6-4-9-18/h3,5,7-8,10-11H,9,18H2,1-2H3,(H,19,20,21). The molecule has 0 spiro atoms. The molecule has 1 amide bonds. The molecule has 106 valence electrons. The lowest BCUT2D eigenvalue weighted by atomic mass is 10.0. The summed E-state index contributed by atoms with van der Waals surface area (Å²) in [7, 11) is 0. The number of nitrogens with one attached hydrogen (secondary N) is 1. The molecule has 0 aliphatic heterocycles. The van der Waals surface area contributed by atoms with E-state index in [0.29, 0.717) is 12.1 Å². The van der Waals surface area contributed by atoms with E-state index in [0.717, 1.165) is 22.4 Å². The molecule has 2 aromatic rings. The first-order valence-electron chi connectivity index (χ1n) is 6.64. The first-order valence-corrected chi connectivity index (χ1v) is 6.64. The monoisotopic (exact) mass is 279 g/mol. The molecular formula is C17H17N3O. The molecule has 0 aliphatic carbocycles. The van der Waals surface area contributed by atoms with Crippen LogP contribution in [0.15, 0.2) is 36.7 Å². The molecule has 2 rings (SSSR count). The molecule has 4 nitrogen and oxygen atoms in total. The Labute approximate surface area is 124 Å². The van der Waals surface area contributed by atoms with E-state index in [9.17, 15) is 4.79 Å². The first-order chi connectivity index (χ1) is 10.1. The Kier molecular flexibility index (Phi) is 4.70. The zero-order valence-electron chi connectivity index (χ0n) is 12.1. The summed E-state index contributed by atoms with van der Waals surface area (Å²) in [6, 6.07) is 7.27. The SMILES string of the molecule is Cc1cnccc1NC(=O)c1cccc(C#CCN)c1C. The van der Waals surface area contributed by atoms with E-state index in [4.69, 9.17) is 5.73 Å². The smallest absolute Gasteiger partial charge is 0.255 e. The lowest BCUT2D eigenvalue weighted by molar-refractivity contribution is 0.102. The van der Waals surface area contributed by atoms with E-state index >= 15 is 0 Å². The van der Waals surface area contributed by atoms with E-state index < -0.39 is 0 Å². The summed E-state index contributed by atoms with van der Waals surface area (Å²) in [5, 5.41) is 2.90. The number of amides is 1. The molecule has 1 aromatic carbocycles. The van der Waals surface area contributed by atoms with E-state index in [-0.39, 0.29) is 5.91 Å². The topological polar surface area (TPSA) is 68.0 Å². The molecular weight excluding hydrogens is 262 g/mol. The van der Waals surface area contributed by atoms with Crippen molar-refractivity contribution in [2.75, 3.05) is 11.9 Å². The van der Waals surface area contributed by atoms with Crippen LogP contribution in [0.4, 0.5) is 5.69 Å². The number of nitrogens with zero attached hydrogens (tertiary/aromatic N) is 1. The third kappa shape index (κ3) is 3.47. The van der Waals surface area contributed by atoms with Gasteiger partial charge in [0, 0.05) is 29.2 Å². The summed E-state index contributed by atoms with van der Waals surface area (Å²) in [5.74, 6) is 5.63. The first kappa shape index (κ1) is 14.8. The van der Waals surface area contributed by atoms with Crippen LogP contribution in [-0.4, -0.2) is 17.4 Å². The van der Waals surface area contributed by atoms with Crippen LogP contribution in [0.5, 0.6) is 0 Å². The zero-order valence-corrected chi connectivity index (χ0v) is 12.1. The van der Waals surface area contributed by atoms with E-state index in [1.807, 2.05) is 26.0 Å². The van der Waals surface area contributed by atoms with Crippen molar-refractivity contribution in [1.29, 1.82) is 0 Å². The Morgan fingerprint density at radius 2 is 2.14 bits per heavy atom. The molecule has 0 fully saturated rings. The van der Waals surface area contributed by atoms with Crippen molar-refractivity contribution in [2.45, 2.75) is 13.8 Å². The molecule has 0 saturated carbocycles. The van der Waals surface area contributed by atoms with Crippen molar-refractivity contribution in [1.82, 2.24) is 4.98 Å². The van der Waals surface area contributed by atoms with Crippen LogP contribution in [0.2, 0.25) is 0 Å². The zero-order chi connectivity index (χ0) is 15.2. The van der Waals surface area contributed by atoms with Crippen LogP contribution in [0.3, 0.4) is 0 Å². The van der Waals surface area contributed by atoms with Crippen molar-refractivity contribution < 1.29 is 4.79 Å². The van der Waals surface area contributed by atoms with Gasteiger partial charge < -0.3 is 11.1 Å². The molecule has 1 aromatic heterocycles. The van der Waals surface area contributed by atoms with Gasteiger partial charge in [-0.15, -0.1) is 0 Å². The minimum Gasteiger partial charge on any atom is -0.322 e. The fraction of sp³-hybridized carbons (Fsp3) is 0.176. The third-order valence-electron chi connectivity index (χ3n) is 3.17. The molecule has 3 N–H and O–H groups in total. The number of anilines is 1. The van der Waals surface area contributed by atoms with Gasteiger partial charge in [0.25, 0.3) is 5.91 Å². The van der Waals surface area contributed by atoms with Crippen LogP contribution in [0.1, 0.15) is 27.0 Å². The van der Waals surface area contributed by atoms with Crippen molar-refractivity contribution in [2.24, 2.45) is 5.73 Å². The van der Waals surface area contributed by atoms with Gasteiger partial charge >= 0.3 is 0 Å². The maximum Gasteiger partial charge on any atom is 0.255 e. The minimum atomic E-state index is -0.154. The predicted octanol–water partition coefficient (Wildman–Crippen LogP) is 2.26. The second-order valence-corrected chi connectivity index (χ2v) is 4.63. The quantitative estimate of drug-likeness (QED) is 0.829. The van der Waals surface area contributed by atoms with Gasteiger partial charge in [-0.3, -0.25) is 9.78 Å². The Balaban J connectivity index is 2.30. The van der Waals surface area contributed by atoms with E-state index in [1.54, 1.807) is 24.5 Å². The second-order valence-electron chi connectivity index (χ2n) is 4.63. The molecule has 4 heteroatoms. The minimum absolute atomic E-state index is 0.154. The van der Waals surface area contributed by atoms with Crippen molar-refractivity contribution in [3.05, 3.63) is 58.9 Å². The maximum atomic E-state index is 12.4. The summed E-state index contributed by atoms with van der Waals surface area (Å²) < 4.78 is 0. The molecule has 0 radical (unpaired) electrons. The van der Waals surface area contributed by atoms with E-state index in [1.165, 1.54) is 0 Å². The van der Waals surface area contributed by atoms with Gasteiger partial charge in [0.15, 0.2) is 0 Å². The fourth-order valence-corrected chi connectivity index (χ4v) is 1.97.